The molecule has 0 aromatic carbocycles. The molecule has 1 saturated heterocycles. The van der Waals surface area contributed by atoms with Crippen LogP contribution >= 0.6 is 0 Å². The summed E-state index contributed by atoms with van der Waals surface area (Å²) < 4.78 is 10.9. The number of morpholine rings is 1. The maximum Gasteiger partial charge on any atom is 0.194 e. The first-order chi connectivity index (χ1) is 11.1. The molecule has 7 nitrogen and oxygen atoms in total. The standard InChI is InChI=1S/C16H27N5O2/c1-17-16(21-8-9-23-14(11-21)12-22-4)18-10-13-6-5-7-15(19-13)20(2)3/h5-7,14H,8-12H2,1-4H3,(H,17,18). The van der Waals surface area contributed by atoms with Gasteiger partial charge in [0.25, 0.3) is 0 Å². The molecule has 1 fully saturated rings. The summed E-state index contributed by atoms with van der Waals surface area (Å²) in [5.41, 5.74) is 0.985. The van der Waals surface area contributed by atoms with E-state index in [-0.39, 0.29) is 6.10 Å². The molecular weight excluding hydrogens is 294 g/mol. The second-order valence-corrected chi connectivity index (χ2v) is 5.68. The van der Waals surface area contributed by atoms with Crippen LogP contribution in [-0.4, -0.2) is 76.5 Å². The molecule has 7 heteroatoms. The van der Waals surface area contributed by atoms with Gasteiger partial charge in [0.05, 0.1) is 31.6 Å². The van der Waals surface area contributed by atoms with Crippen molar-refractivity contribution in [2.24, 2.45) is 4.99 Å². The normalized spacial score (nSPS) is 18.9. The maximum absolute atomic E-state index is 5.68. The van der Waals surface area contributed by atoms with Crippen LogP contribution < -0.4 is 10.2 Å². The second kappa shape index (κ2) is 8.69. The number of ether oxygens (including phenoxy) is 2. The van der Waals surface area contributed by atoms with Crippen molar-refractivity contribution in [3.05, 3.63) is 23.9 Å². The summed E-state index contributed by atoms with van der Waals surface area (Å²) in [5.74, 6) is 1.82. The van der Waals surface area contributed by atoms with Crippen molar-refractivity contribution in [2.45, 2.75) is 12.6 Å². The van der Waals surface area contributed by atoms with Crippen LogP contribution in [0, 0.1) is 0 Å². The van der Waals surface area contributed by atoms with Crippen LogP contribution in [0.2, 0.25) is 0 Å². The molecule has 0 aliphatic carbocycles. The molecule has 1 unspecified atom stereocenters. The Hall–Kier alpha value is -1.86. The molecule has 0 radical (unpaired) electrons. The number of hydrogen-bond acceptors (Lipinski definition) is 5. The summed E-state index contributed by atoms with van der Waals surface area (Å²) in [4.78, 5) is 13.2. The lowest BCUT2D eigenvalue weighted by Crippen LogP contribution is -2.51. The van der Waals surface area contributed by atoms with E-state index in [1.54, 1.807) is 14.2 Å². The number of nitrogens with one attached hydrogen (secondary N) is 1. The molecule has 1 aliphatic heterocycles. The number of nitrogens with zero attached hydrogens (tertiary/aromatic N) is 4. The molecule has 1 atom stereocenters. The van der Waals surface area contributed by atoms with Gasteiger partial charge in [0, 0.05) is 41.3 Å². The number of aromatic nitrogens is 1. The van der Waals surface area contributed by atoms with Crippen molar-refractivity contribution in [3.63, 3.8) is 0 Å². The van der Waals surface area contributed by atoms with E-state index in [1.807, 2.05) is 37.2 Å². The van der Waals surface area contributed by atoms with Crippen molar-refractivity contribution < 1.29 is 9.47 Å². The number of hydrogen-bond donors (Lipinski definition) is 1. The summed E-state index contributed by atoms with van der Waals surface area (Å²) >= 11 is 0. The molecule has 0 bridgehead atoms. The smallest absolute Gasteiger partial charge is 0.194 e. The summed E-state index contributed by atoms with van der Waals surface area (Å²) in [6.45, 7) is 3.52. The van der Waals surface area contributed by atoms with E-state index in [0.29, 0.717) is 19.8 Å². The van der Waals surface area contributed by atoms with Gasteiger partial charge in [-0.25, -0.2) is 4.98 Å². The van der Waals surface area contributed by atoms with Crippen molar-refractivity contribution in [1.29, 1.82) is 0 Å². The van der Waals surface area contributed by atoms with Gasteiger partial charge in [0.1, 0.15) is 5.82 Å². The van der Waals surface area contributed by atoms with Gasteiger partial charge in [-0.2, -0.15) is 0 Å². The van der Waals surface area contributed by atoms with Gasteiger partial charge >= 0.3 is 0 Å². The van der Waals surface area contributed by atoms with E-state index >= 15 is 0 Å². The number of rotatable bonds is 5. The Balaban J connectivity index is 1.93. The highest BCUT2D eigenvalue weighted by Gasteiger charge is 2.22. The van der Waals surface area contributed by atoms with Crippen LogP contribution in [0.1, 0.15) is 5.69 Å². The second-order valence-electron chi connectivity index (χ2n) is 5.68. The molecule has 2 rings (SSSR count). The predicted molar refractivity (Wildman–Crippen MR) is 92.0 cm³/mol. The molecule has 0 spiro atoms. The third-order valence-corrected chi connectivity index (χ3v) is 3.68. The molecular formula is C16H27N5O2. The Morgan fingerprint density at radius 1 is 1.52 bits per heavy atom. The molecule has 0 saturated carbocycles. The van der Waals surface area contributed by atoms with Gasteiger partial charge < -0.3 is 24.6 Å². The zero-order valence-electron chi connectivity index (χ0n) is 14.5. The van der Waals surface area contributed by atoms with Crippen molar-refractivity contribution in [2.75, 3.05) is 59.5 Å². The number of anilines is 1. The largest absolute Gasteiger partial charge is 0.382 e. The van der Waals surface area contributed by atoms with E-state index in [0.717, 1.165) is 30.6 Å². The van der Waals surface area contributed by atoms with Crippen LogP contribution in [0.25, 0.3) is 0 Å². The minimum atomic E-state index is 0.0856. The van der Waals surface area contributed by atoms with Crippen LogP contribution in [0.15, 0.2) is 23.2 Å². The van der Waals surface area contributed by atoms with Gasteiger partial charge in [-0.1, -0.05) is 6.07 Å². The monoisotopic (exact) mass is 321 g/mol. The fourth-order valence-corrected chi connectivity index (χ4v) is 2.51. The van der Waals surface area contributed by atoms with Gasteiger partial charge in [0.2, 0.25) is 0 Å². The third-order valence-electron chi connectivity index (χ3n) is 3.68. The van der Waals surface area contributed by atoms with Gasteiger partial charge in [0.15, 0.2) is 5.96 Å². The molecule has 23 heavy (non-hydrogen) atoms. The quantitative estimate of drug-likeness (QED) is 0.632. The predicted octanol–water partition coefficient (Wildman–Crippen LogP) is 0.570. The number of methoxy groups -OCH3 is 1. The van der Waals surface area contributed by atoms with E-state index in [2.05, 4.69) is 20.2 Å². The van der Waals surface area contributed by atoms with Crippen molar-refractivity contribution >= 4 is 11.8 Å². The Morgan fingerprint density at radius 2 is 2.35 bits per heavy atom. The molecule has 1 N–H and O–H groups in total. The first-order valence-electron chi connectivity index (χ1n) is 7.83. The molecule has 2 heterocycles. The van der Waals surface area contributed by atoms with Gasteiger partial charge in [-0.05, 0) is 12.1 Å². The lowest BCUT2D eigenvalue weighted by atomic mass is 10.3. The van der Waals surface area contributed by atoms with E-state index in [1.165, 1.54) is 0 Å². The highest BCUT2D eigenvalue weighted by Crippen LogP contribution is 2.09. The van der Waals surface area contributed by atoms with Gasteiger partial charge in [-0.15, -0.1) is 0 Å². The Bertz CT molecular complexity index is 519. The first-order valence-corrected chi connectivity index (χ1v) is 7.83. The Morgan fingerprint density at radius 3 is 3.04 bits per heavy atom. The van der Waals surface area contributed by atoms with E-state index in [9.17, 15) is 0 Å². The molecule has 1 aromatic rings. The summed E-state index contributed by atoms with van der Waals surface area (Å²) in [6, 6.07) is 6.03. The maximum atomic E-state index is 5.68. The molecule has 128 valence electrons. The number of guanidine groups is 1. The molecule has 0 amide bonds. The summed E-state index contributed by atoms with van der Waals surface area (Å²) in [7, 11) is 7.47. The van der Waals surface area contributed by atoms with Crippen LogP contribution in [0.3, 0.4) is 0 Å². The molecule has 1 aromatic heterocycles. The highest BCUT2D eigenvalue weighted by molar-refractivity contribution is 5.80. The molecule has 1 aliphatic rings. The SMILES string of the molecule is CN=C(NCc1cccc(N(C)C)n1)N1CCOC(COC)C1. The Kier molecular flexibility index (Phi) is 6.61. The lowest BCUT2D eigenvalue weighted by molar-refractivity contribution is -0.0447. The van der Waals surface area contributed by atoms with Crippen molar-refractivity contribution in [3.8, 4) is 0 Å². The van der Waals surface area contributed by atoms with Gasteiger partial charge in [-0.3, -0.25) is 4.99 Å². The Labute approximate surface area is 138 Å². The fraction of sp³-hybridized carbons (Fsp3) is 0.625. The minimum Gasteiger partial charge on any atom is -0.382 e. The fourth-order valence-electron chi connectivity index (χ4n) is 2.51. The third kappa shape index (κ3) is 5.07. The van der Waals surface area contributed by atoms with Crippen LogP contribution in [0.4, 0.5) is 5.82 Å². The van der Waals surface area contributed by atoms with E-state index in [4.69, 9.17) is 9.47 Å². The highest BCUT2D eigenvalue weighted by atomic mass is 16.5. The van der Waals surface area contributed by atoms with E-state index < -0.39 is 0 Å². The average molecular weight is 321 g/mol. The first kappa shape index (κ1) is 17.5. The van der Waals surface area contributed by atoms with Crippen LogP contribution in [-0.2, 0) is 16.0 Å². The zero-order valence-corrected chi connectivity index (χ0v) is 14.5. The summed E-state index contributed by atoms with van der Waals surface area (Å²) in [6.07, 6.45) is 0.0856. The van der Waals surface area contributed by atoms with Crippen LogP contribution in [0.5, 0.6) is 0 Å². The lowest BCUT2D eigenvalue weighted by Gasteiger charge is -2.34. The minimum absolute atomic E-state index is 0.0856. The average Bonchev–Trinajstić information content (AvgIpc) is 2.56. The number of aliphatic imine (C=N–C) groups is 1. The summed E-state index contributed by atoms with van der Waals surface area (Å²) in [5, 5.41) is 3.38. The number of pyridine rings is 1. The topological polar surface area (TPSA) is 62.2 Å². The van der Waals surface area contributed by atoms with Crippen molar-refractivity contribution in [1.82, 2.24) is 15.2 Å². The zero-order chi connectivity index (χ0) is 16.7.